The number of fused-ring (bicyclic) bond motifs is 1. The van der Waals surface area contributed by atoms with Crippen LogP contribution in [0, 0.1) is 6.92 Å². The van der Waals surface area contributed by atoms with E-state index >= 15 is 0 Å². The fraction of sp³-hybridized carbons (Fsp3) is 0.176. The molecule has 1 unspecified atom stereocenters. The number of hydrogen-bond donors (Lipinski definition) is 1. The van der Waals surface area contributed by atoms with Crippen molar-refractivity contribution < 1.29 is 0 Å². The standard InChI is InChI=1S/C17H16BrNS/c1-11-6-7-13(18)9-15(11)16(19)8-12-10-20-17-5-3-2-4-14(12)17/h2-7,9-10,16H,8,19H2,1H3. The summed E-state index contributed by atoms with van der Waals surface area (Å²) >= 11 is 5.32. The Hall–Kier alpha value is -1.16. The summed E-state index contributed by atoms with van der Waals surface area (Å²) in [6, 6.07) is 14.9. The first-order chi connectivity index (χ1) is 9.65. The molecule has 3 rings (SSSR count). The molecule has 0 saturated heterocycles. The third-order valence-electron chi connectivity index (χ3n) is 3.64. The Kier molecular flexibility index (Phi) is 3.92. The maximum atomic E-state index is 6.43. The molecule has 2 aromatic carbocycles. The van der Waals surface area contributed by atoms with Crippen molar-refractivity contribution in [3.05, 3.63) is 69.0 Å². The highest BCUT2D eigenvalue weighted by molar-refractivity contribution is 9.10. The molecule has 2 N–H and O–H groups in total. The molecule has 1 atom stereocenters. The zero-order valence-electron chi connectivity index (χ0n) is 11.3. The van der Waals surface area contributed by atoms with Crippen molar-refractivity contribution in [3.63, 3.8) is 0 Å². The largest absolute Gasteiger partial charge is 0.324 e. The topological polar surface area (TPSA) is 26.0 Å². The molecule has 102 valence electrons. The van der Waals surface area contributed by atoms with Crippen LogP contribution in [0.15, 0.2) is 52.3 Å². The smallest absolute Gasteiger partial charge is 0.0345 e. The molecule has 1 nitrogen and oxygen atoms in total. The first-order valence-electron chi connectivity index (χ1n) is 6.62. The highest BCUT2D eigenvalue weighted by atomic mass is 79.9. The van der Waals surface area contributed by atoms with Gasteiger partial charge in [0.25, 0.3) is 0 Å². The molecular weight excluding hydrogens is 330 g/mol. The van der Waals surface area contributed by atoms with E-state index in [-0.39, 0.29) is 6.04 Å². The van der Waals surface area contributed by atoms with Crippen molar-refractivity contribution >= 4 is 37.4 Å². The molecule has 3 heteroatoms. The van der Waals surface area contributed by atoms with E-state index in [9.17, 15) is 0 Å². The third kappa shape index (κ3) is 2.66. The first-order valence-corrected chi connectivity index (χ1v) is 8.29. The lowest BCUT2D eigenvalue weighted by Gasteiger charge is -2.15. The minimum absolute atomic E-state index is 0.0329. The third-order valence-corrected chi connectivity index (χ3v) is 5.15. The van der Waals surface area contributed by atoms with Crippen molar-refractivity contribution in [1.82, 2.24) is 0 Å². The minimum atomic E-state index is 0.0329. The van der Waals surface area contributed by atoms with Gasteiger partial charge in [-0.25, -0.2) is 0 Å². The quantitative estimate of drug-likeness (QED) is 0.692. The summed E-state index contributed by atoms with van der Waals surface area (Å²) in [5.74, 6) is 0. The number of benzene rings is 2. The summed E-state index contributed by atoms with van der Waals surface area (Å²) in [5.41, 5.74) is 10.2. The van der Waals surface area contributed by atoms with Crippen LogP contribution < -0.4 is 5.73 Å². The molecule has 0 aliphatic heterocycles. The molecule has 0 aliphatic rings. The number of hydrogen-bond acceptors (Lipinski definition) is 2. The molecule has 1 heterocycles. The fourth-order valence-electron chi connectivity index (χ4n) is 2.55. The Labute approximate surface area is 131 Å². The van der Waals surface area contributed by atoms with Crippen LogP contribution >= 0.6 is 27.3 Å². The average Bonchev–Trinajstić information content (AvgIpc) is 2.85. The van der Waals surface area contributed by atoms with Crippen molar-refractivity contribution in [2.24, 2.45) is 5.73 Å². The van der Waals surface area contributed by atoms with Gasteiger partial charge in [-0.2, -0.15) is 0 Å². The summed E-state index contributed by atoms with van der Waals surface area (Å²) in [7, 11) is 0. The predicted molar refractivity (Wildman–Crippen MR) is 91.3 cm³/mol. The number of thiophene rings is 1. The van der Waals surface area contributed by atoms with Crippen molar-refractivity contribution in [2.45, 2.75) is 19.4 Å². The molecule has 0 saturated carbocycles. The van der Waals surface area contributed by atoms with Gasteiger partial charge in [-0.3, -0.25) is 0 Å². The molecule has 3 aromatic rings. The monoisotopic (exact) mass is 345 g/mol. The van der Waals surface area contributed by atoms with Gasteiger partial charge in [0, 0.05) is 15.2 Å². The normalized spacial score (nSPS) is 12.8. The number of halogens is 1. The summed E-state index contributed by atoms with van der Waals surface area (Å²) in [5, 5.41) is 3.57. The summed E-state index contributed by atoms with van der Waals surface area (Å²) in [6.07, 6.45) is 0.876. The van der Waals surface area contributed by atoms with Crippen LogP contribution in [0.4, 0.5) is 0 Å². The van der Waals surface area contributed by atoms with Crippen LogP contribution in [0.2, 0.25) is 0 Å². The maximum Gasteiger partial charge on any atom is 0.0345 e. The molecule has 0 radical (unpaired) electrons. The summed E-state index contributed by atoms with van der Waals surface area (Å²) in [6.45, 7) is 2.12. The summed E-state index contributed by atoms with van der Waals surface area (Å²) < 4.78 is 2.42. The Balaban J connectivity index is 1.92. The molecule has 0 spiro atoms. The van der Waals surface area contributed by atoms with E-state index in [1.165, 1.54) is 26.8 Å². The molecular formula is C17H16BrNS. The highest BCUT2D eigenvalue weighted by Gasteiger charge is 2.13. The van der Waals surface area contributed by atoms with E-state index in [2.05, 4.69) is 70.7 Å². The Morgan fingerprint density at radius 1 is 1.20 bits per heavy atom. The van der Waals surface area contributed by atoms with Gasteiger partial charge in [-0.05, 0) is 59.0 Å². The van der Waals surface area contributed by atoms with Crippen LogP contribution in [0.3, 0.4) is 0 Å². The zero-order chi connectivity index (χ0) is 14.1. The van der Waals surface area contributed by atoms with Crippen LogP contribution in [-0.2, 0) is 6.42 Å². The van der Waals surface area contributed by atoms with Gasteiger partial charge in [0.15, 0.2) is 0 Å². The van der Waals surface area contributed by atoms with Crippen molar-refractivity contribution in [3.8, 4) is 0 Å². The molecule has 0 bridgehead atoms. The average molecular weight is 346 g/mol. The molecule has 0 aliphatic carbocycles. The number of aryl methyl sites for hydroxylation is 1. The van der Waals surface area contributed by atoms with E-state index in [1.807, 2.05) is 0 Å². The van der Waals surface area contributed by atoms with E-state index in [0.717, 1.165) is 10.9 Å². The van der Waals surface area contributed by atoms with Gasteiger partial charge in [0.1, 0.15) is 0 Å². The molecule has 0 fully saturated rings. The lowest BCUT2D eigenvalue weighted by molar-refractivity contribution is 0.721. The minimum Gasteiger partial charge on any atom is -0.324 e. The van der Waals surface area contributed by atoms with Crippen LogP contribution in [-0.4, -0.2) is 0 Å². The number of rotatable bonds is 3. The number of nitrogens with two attached hydrogens (primary N) is 1. The Morgan fingerprint density at radius 3 is 2.85 bits per heavy atom. The highest BCUT2D eigenvalue weighted by Crippen LogP contribution is 2.30. The van der Waals surface area contributed by atoms with Crippen LogP contribution in [0.25, 0.3) is 10.1 Å². The van der Waals surface area contributed by atoms with Gasteiger partial charge in [0.2, 0.25) is 0 Å². The Morgan fingerprint density at radius 2 is 2.00 bits per heavy atom. The van der Waals surface area contributed by atoms with Gasteiger partial charge >= 0.3 is 0 Å². The Bertz CT molecular complexity index is 748. The second-order valence-electron chi connectivity index (χ2n) is 5.07. The van der Waals surface area contributed by atoms with Gasteiger partial charge in [0.05, 0.1) is 0 Å². The lowest BCUT2D eigenvalue weighted by atomic mass is 9.96. The zero-order valence-corrected chi connectivity index (χ0v) is 13.7. The van der Waals surface area contributed by atoms with E-state index in [1.54, 1.807) is 11.3 Å². The first kappa shape index (κ1) is 13.8. The van der Waals surface area contributed by atoms with Gasteiger partial charge < -0.3 is 5.73 Å². The van der Waals surface area contributed by atoms with E-state index in [0.29, 0.717) is 0 Å². The summed E-state index contributed by atoms with van der Waals surface area (Å²) in [4.78, 5) is 0. The van der Waals surface area contributed by atoms with Crippen LogP contribution in [0.5, 0.6) is 0 Å². The lowest BCUT2D eigenvalue weighted by Crippen LogP contribution is -2.14. The molecule has 20 heavy (non-hydrogen) atoms. The maximum absolute atomic E-state index is 6.43. The van der Waals surface area contributed by atoms with E-state index in [4.69, 9.17) is 5.73 Å². The van der Waals surface area contributed by atoms with Crippen LogP contribution in [0.1, 0.15) is 22.7 Å². The molecule has 1 aromatic heterocycles. The second kappa shape index (κ2) is 5.68. The van der Waals surface area contributed by atoms with Crippen molar-refractivity contribution in [1.29, 1.82) is 0 Å². The van der Waals surface area contributed by atoms with Crippen molar-refractivity contribution in [2.75, 3.05) is 0 Å². The van der Waals surface area contributed by atoms with E-state index < -0.39 is 0 Å². The predicted octanol–water partition coefficient (Wildman–Crippen LogP) is 5.21. The van der Waals surface area contributed by atoms with Gasteiger partial charge in [-0.15, -0.1) is 11.3 Å². The van der Waals surface area contributed by atoms with Gasteiger partial charge in [-0.1, -0.05) is 40.2 Å². The molecule has 0 amide bonds. The fourth-order valence-corrected chi connectivity index (χ4v) is 3.90. The SMILES string of the molecule is Cc1ccc(Br)cc1C(N)Cc1csc2ccccc12. The second-order valence-corrected chi connectivity index (χ2v) is 6.90.